The van der Waals surface area contributed by atoms with Crippen molar-refractivity contribution in [2.24, 2.45) is 0 Å². The summed E-state index contributed by atoms with van der Waals surface area (Å²) in [4.78, 5) is 29.2. The molecule has 0 spiro atoms. The zero-order valence-corrected chi connectivity index (χ0v) is 19.8. The van der Waals surface area contributed by atoms with Gasteiger partial charge in [0.05, 0.1) is 25.6 Å². The Morgan fingerprint density at radius 1 is 0.879 bits per heavy atom. The van der Waals surface area contributed by atoms with Gasteiger partial charge in [0, 0.05) is 16.0 Å². The topological polar surface area (TPSA) is 67.9 Å². The number of hydrogen-bond acceptors (Lipinski definition) is 6. The minimum Gasteiger partial charge on any atom is -0.497 e. The zero-order chi connectivity index (χ0) is 23.5. The van der Waals surface area contributed by atoms with Gasteiger partial charge in [0.15, 0.2) is 0 Å². The number of amides is 2. The summed E-state index contributed by atoms with van der Waals surface area (Å²) in [6.07, 6.45) is 0. The first-order chi connectivity index (χ1) is 15.9. The van der Waals surface area contributed by atoms with E-state index < -0.39 is 11.8 Å². The van der Waals surface area contributed by atoms with E-state index in [9.17, 15) is 9.59 Å². The number of imide groups is 1. The number of ether oxygens (including phenoxy) is 2. The Balaban J connectivity index is 1.78. The summed E-state index contributed by atoms with van der Waals surface area (Å²) in [5.74, 6) is 0.226. The number of rotatable bonds is 7. The van der Waals surface area contributed by atoms with Gasteiger partial charge in [-0.2, -0.15) is 0 Å². The molecule has 0 radical (unpaired) electrons. The molecule has 2 amide bonds. The quantitative estimate of drug-likeness (QED) is 0.440. The number of nitrogens with one attached hydrogen (secondary N) is 1. The minimum absolute atomic E-state index is 0.159. The second-order valence-corrected chi connectivity index (χ2v) is 8.75. The van der Waals surface area contributed by atoms with Crippen LogP contribution in [0.15, 0.2) is 82.2 Å². The zero-order valence-electron chi connectivity index (χ0n) is 18.2. The van der Waals surface area contributed by atoms with E-state index in [1.807, 2.05) is 19.1 Å². The van der Waals surface area contributed by atoms with E-state index in [1.54, 1.807) is 61.7 Å². The highest BCUT2D eigenvalue weighted by Gasteiger charge is 2.40. The lowest BCUT2D eigenvalue weighted by atomic mass is 10.2. The smallest absolute Gasteiger partial charge is 0.283 e. The SMILES string of the molecule is COc1ccc(OC)c(NC2=C(Sc3ccc(Cl)cc3)C(=O)N(c3ccc(C)cc3)C2=O)c1. The molecule has 6 nitrogen and oxygen atoms in total. The Morgan fingerprint density at radius 2 is 1.58 bits per heavy atom. The van der Waals surface area contributed by atoms with Crippen molar-refractivity contribution in [3.05, 3.63) is 87.9 Å². The molecule has 3 aromatic rings. The largest absolute Gasteiger partial charge is 0.497 e. The van der Waals surface area contributed by atoms with Crippen LogP contribution in [-0.2, 0) is 9.59 Å². The maximum atomic E-state index is 13.5. The molecule has 1 N–H and O–H groups in total. The van der Waals surface area contributed by atoms with Crippen LogP contribution in [0.25, 0.3) is 0 Å². The molecule has 1 aliphatic heterocycles. The maximum absolute atomic E-state index is 13.5. The Kier molecular flexibility index (Phi) is 6.62. The first-order valence-electron chi connectivity index (χ1n) is 10.0. The molecule has 8 heteroatoms. The van der Waals surface area contributed by atoms with E-state index in [-0.39, 0.29) is 10.6 Å². The van der Waals surface area contributed by atoms with Crippen LogP contribution in [0.2, 0.25) is 5.02 Å². The summed E-state index contributed by atoms with van der Waals surface area (Å²) in [5.41, 5.74) is 2.19. The number of carbonyl (C=O) groups is 2. The van der Waals surface area contributed by atoms with Crippen LogP contribution < -0.4 is 19.7 Å². The number of aryl methyl sites for hydroxylation is 1. The Morgan fingerprint density at radius 3 is 2.21 bits per heavy atom. The molecule has 33 heavy (non-hydrogen) atoms. The third-order valence-corrected chi connectivity index (χ3v) is 6.38. The molecule has 0 saturated carbocycles. The van der Waals surface area contributed by atoms with Gasteiger partial charge in [-0.25, -0.2) is 4.90 Å². The van der Waals surface area contributed by atoms with E-state index in [0.29, 0.717) is 27.9 Å². The Hall–Kier alpha value is -3.42. The van der Waals surface area contributed by atoms with Gasteiger partial charge >= 0.3 is 0 Å². The summed E-state index contributed by atoms with van der Waals surface area (Å²) in [7, 11) is 3.08. The fourth-order valence-corrected chi connectivity index (χ4v) is 4.36. The molecule has 0 aromatic heterocycles. The number of methoxy groups -OCH3 is 2. The summed E-state index contributed by atoms with van der Waals surface area (Å²) in [5, 5.41) is 3.71. The second-order valence-electron chi connectivity index (χ2n) is 7.23. The molecule has 1 aliphatic rings. The molecule has 0 atom stereocenters. The number of hydrogen-bond donors (Lipinski definition) is 1. The highest BCUT2D eigenvalue weighted by Crippen LogP contribution is 2.40. The molecule has 0 bridgehead atoms. The molecule has 168 valence electrons. The van der Waals surface area contributed by atoms with Crippen molar-refractivity contribution in [2.75, 3.05) is 24.4 Å². The maximum Gasteiger partial charge on any atom is 0.283 e. The lowest BCUT2D eigenvalue weighted by molar-refractivity contribution is -0.120. The average molecular weight is 481 g/mol. The number of nitrogens with zero attached hydrogens (tertiary/aromatic N) is 1. The van der Waals surface area contributed by atoms with Gasteiger partial charge in [-0.3, -0.25) is 9.59 Å². The van der Waals surface area contributed by atoms with Gasteiger partial charge in [0.25, 0.3) is 11.8 Å². The van der Waals surface area contributed by atoms with Gasteiger partial charge in [0.2, 0.25) is 0 Å². The predicted octanol–water partition coefficient (Wildman–Crippen LogP) is 5.65. The molecule has 0 unspecified atom stereocenters. The lowest BCUT2D eigenvalue weighted by Gasteiger charge is -2.16. The van der Waals surface area contributed by atoms with Crippen LogP contribution >= 0.6 is 23.4 Å². The molecule has 0 fully saturated rings. The van der Waals surface area contributed by atoms with Gasteiger partial charge in [-0.05, 0) is 55.5 Å². The van der Waals surface area contributed by atoms with Crippen molar-refractivity contribution < 1.29 is 19.1 Å². The van der Waals surface area contributed by atoms with E-state index in [0.717, 1.165) is 10.5 Å². The average Bonchev–Trinajstić information content (AvgIpc) is 3.05. The third kappa shape index (κ3) is 4.69. The van der Waals surface area contributed by atoms with Gasteiger partial charge < -0.3 is 14.8 Å². The van der Waals surface area contributed by atoms with Crippen molar-refractivity contribution in [2.45, 2.75) is 11.8 Å². The predicted molar refractivity (Wildman–Crippen MR) is 131 cm³/mol. The summed E-state index contributed by atoms with van der Waals surface area (Å²) in [6, 6.07) is 19.5. The molecule has 3 aromatic carbocycles. The summed E-state index contributed by atoms with van der Waals surface area (Å²) < 4.78 is 10.7. The van der Waals surface area contributed by atoms with Crippen LogP contribution in [0, 0.1) is 6.92 Å². The van der Waals surface area contributed by atoms with E-state index in [2.05, 4.69) is 5.32 Å². The van der Waals surface area contributed by atoms with Crippen molar-refractivity contribution in [1.29, 1.82) is 0 Å². The summed E-state index contributed by atoms with van der Waals surface area (Å²) >= 11 is 7.20. The fourth-order valence-electron chi connectivity index (χ4n) is 3.31. The van der Waals surface area contributed by atoms with Crippen LogP contribution in [0.5, 0.6) is 11.5 Å². The third-order valence-electron chi connectivity index (χ3n) is 5.03. The molecular formula is C25H21ClN2O4S. The number of benzene rings is 3. The number of thioether (sulfide) groups is 1. The molecular weight excluding hydrogens is 460 g/mol. The first kappa shape index (κ1) is 22.8. The number of carbonyl (C=O) groups excluding carboxylic acids is 2. The monoisotopic (exact) mass is 480 g/mol. The minimum atomic E-state index is -0.454. The van der Waals surface area contributed by atoms with Crippen molar-refractivity contribution in [1.82, 2.24) is 0 Å². The number of anilines is 2. The standard InChI is InChI=1S/C25H21ClN2O4S/c1-15-4-8-17(9-5-15)28-24(29)22(27-20-14-18(31-2)10-13-21(20)32-3)23(25(28)30)33-19-11-6-16(26)7-12-19/h4-14,27H,1-3H3. The first-order valence-corrected chi connectivity index (χ1v) is 11.2. The number of halogens is 1. The van der Waals surface area contributed by atoms with Crippen LogP contribution in [-0.4, -0.2) is 26.0 Å². The normalized spacial score (nSPS) is 13.5. The van der Waals surface area contributed by atoms with Crippen molar-refractivity contribution in [3.63, 3.8) is 0 Å². The van der Waals surface area contributed by atoms with Crippen LogP contribution in [0.3, 0.4) is 0 Å². The highest BCUT2D eigenvalue weighted by molar-refractivity contribution is 8.04. The summed E-state index contributed by atoms with van der Waals surface area (Å²) in [6.45, 7) is 1.94. The molecule has 4 rings (SSSR count). The van der Waals surface area contributed by atoms with Crippen molar-refractivity contribution >= 4 is 46.6 Å². The molecule has 1 heterocycles. The molecule has 0 aliphatic carbocycles. The van der Waals surface area contributed by atoms with Crippen molar-refractivity contribution in [3.8, 4) is 11.5 Å². The second kappa shape index (κ2) is 9.60. The van der Waals surface area contributed by atoms with Crippen LogP contribution in [0.1, 0.15) is 5.56 Å². The van der Waals surface area contributed by atoms with E-state index in [1.165, 1.54) is 23.8 Å². The Labute approximate surface area is 201 Å². The van der Waals surface area contributed by atoms with Gasteiger partial charge in [-0.15, -0.1) is 0 Å². The van der Waals surface area contributed by atoms with Gasteiger partial charge in [0.1, 0.15) is 22.1 Å². The lowest BCUT2D eigenvalue weighted by Crippen LogP contribution is -2.32. The highest BCUT2D eigenvalue weighted by atomic mass is 35.5. The molecule has 0 saturated heterocycles. The van der Waals surface area contributed by atoms with E-state index in [4.69, 9.17) is 21.1 Å². The van der Waals surface area contributed by atoms with E-state index >= 15 is 0 Å². The van der Waals surface area contributed by atoms with Gasteiger partial charge in [-0.1, -0.05) is 41.1 Å². The fraction of sp³-hybridized carbons (Fsp3) is 0.120. The Bertz CT molecular complexity index is 1240. The van der Waals surface area contributed by atoms with Crippen LogP contribution in [0.4, 0.5) is 11.4 Å².